The van der Waals surface area contributed by atoms with Gasteiger partial charge in [-0.25, -0.2) is 4.68 Å². The molecule has 21 heavy (non-hydrogen) atoms. The molecule has 4 rings (SSSR count). The van der Waals surface area contributed by atoms with Crippen LogP contribution in [0.3, 0.4) is 0 Å². The average Bonchev–Trinajstić information content (AvgIpc) is 3.02. The van der Waals surface area contributed by atoms with Crippen molar-refractivity contribution < 1.29 is 4.42 Å². The van der Waals surface area contributed by atoms with E-state index in [0.717, 1.165) is 17.5 Å². The lowest BCUT2D eigenvalue weighted by Gasteiger charge is -2.13. The Labute approximate surface area is 121 Å². The third kappa shape index (κ3) is 2.25. The normalized spacial score (nSPS) is 16.8. The van der Waals surface area contributed by atoms with Crippen LogP contribution < -0.4 is 10.9 Å². The molecule has 110 valence electrons. The molecule has 6 nitrogen and oxygen atoms in total. The Morgan fingerprint density at radius 3 is 3.14 bits per heavy atom. The fourth-order valence-electron chi connectivity index (χ4n) is 2.74. The Morgan fingerprint density at radius 1 is 1.48 bits per heavy atom. The van der Waals surface area contributed by atoms with Gasteiger partial charge in [-0.1, -0.05) is 0 Å². The summed E-state index contributed by atoms with van der Waals surface area (Å²) in [4.78, 5) is 12.5. The topological polar surface area (TPSA) is 64.5 Å². The summed E-state index contributed by atoms with van der Waals surface area (Å²) in [5.41, 5.74) is 2.14. The SMILES string of the molecule is C[C@@H](CCn1ncn2c(cc3occc32)c1=O)NC1CC1. The van der Waals surface area contributed by atoms with E-state index in [9.17, 15) is 4.79 Å². The van der Waals surface area contributed by atoms with E-state index in [1.54, 1.807) is 27.7 Å². The molecule has 1 aliphatic rings. The Morgan fingerprint density at radius 2 is 2.33 bits per heavy atom. The van der Waals surface area contributed by atoms with Crippen LogP contribution in [0.5, 0.6) is 0 Å². The van der Waals surface area contributed by atoms with Crippen LogP contribution in [0.25, 0.3) is 16.6 Å². The summed E-state index contributed by atoms with van der Waals surface area (Å²) in [5.74, 6) is 0. The molecule has 0 unspecified atom stereocenters. The van der Waals surface area contributed by atoms with Crippen molar-refractivity contribution in [3.05, 3.63) is 35.1 Å². The van der Waals surface area contributed by atoms with E-state index in [4.69, 9.17) is 4.42 Å². The number of nitrogens with zero attached hydrogens (tertiary/aromatic N) is 3. The van der Waals surface area contributed by atoms with Crippen molar-refractivity contribution in [2.45, 2.75) is 44.8 Å². The van der Waals surface area contributed by atoms with Gasteiger partial charge in [-0.2, -0.15) is 5.10 Å². The number of rotatable bonds is 5. The van der Waals surface area contributed by atoms with Crippen LogP contribution in [0.2, 0.25) is 0 Å². The van der Waals surface area contributed by atoms with E-state index in [-0.39, 0.29) is 5.56 Å². The minimum Gasteiger partial charge on any atom is -0.463 e. The minimum atomic E-state index is -0.0671. The highest BCUT2D eigenvalue weighted by Gasteiger charge is 2.22. The first kappa shape index (κ1) is 12.6. The molecule has 3 aromatic heterocycles. The summed E-state index contributed by atoms with van der Waals surface area (Å²) in [6, 6.07) is 4.71. The molecule has 6 heteroatoms. The second-order valence-electron chi connectivity index (χ2n) is 5.86. The predicted octanol–water partition coefficient (Wildman–Crippen LogP) is 1.77. The van der Waals surface area contributed by atoms with Gasteiger partial charge in [-0.05, 0) is 26.2 Å². The second kappa shape index (κ2) is 4.73. The van der Waals surface area contributed by atoms with Crippen molar-refractivity contribution >= 4 is 16.6 Å². The molecule has 1 atom stereocenters. The van der Waals surface area contributed by atoms with Crippen molar-refractivity contribution in [2.75, 3.05) is 0 Å². The van der Waals surface area contributed by atoms with Crippen LogP contribution in [0.1, 0.15) is 26.2 Å². The number of fused-ring (bicyclic) bond motifs is 3. The van der Waals surface area contributed by atoms with Crippen molar-refractivity contribution in [1.29, 1.82) is 0 Å². The maximum atomic E-state index is 12.5. The van der Waals surface area contributed by atoms with Gasteiger partial charge in [0.1, 0.15) is 11.8 Å². The van der Waals surface area contributed by atoms with Crippen LogP contribution >= 0.6 is 0 Å². The van der Waals surface area contributed by atoms with E-state index in [2.05, 4.69) is 17.3 Å². The van der Waals surface area contributed by atoms with Crippen molar-refractivity contribution in [3.8, 4) is 0 Å². The quantitative estimate of drug-likeness (QED) is 0.776. The largest absolute Gasteiger partial charge is 0.463 e. The Bertz CT molecular complexity index is 840. The van der Waals surface area contributed by atoms with E-state index >= 15 is 0 Å². The van der Waals surface area contributed by atoms with Crippen molar-refractivity contribution in [2.24, 2.45) is 0 Å². The third-order valence-corrected chi connectivity index (χ3v) is 4.09. The smallest absolute Gasteiger partial charge is 0.291 e. The molecular formula is C15H18N4O2. The van der Waals surface area contributed by atoms with Gasteiger partial charge in [0.05, 0.1) is 11.8 Å². The molecule has 0 aliphatic heterocycles. The summed E-state index contributed by atoms with van der Waals surface area (Å²) in [7, 11) is 0. The molecule has 3 heterocycles. The highest BCUT2D eigenvalue weighted by atomic mass is 16.3. The highest BCUT2D eigenvalue weighted by Crippen LogP contribution is 2.20. The minimum absolute atomic E-state index is 0.0671. The Balaban J connectivity index is 1.59. The number of hydrogen-bond acceptors (Lipinski definition) is 4. The fourth-order valence-corrected chi connectivity index (χ4v) is 2.74. The standard InChI is InChI=1S/C15H18N4O2/c1-10(17-11-2-3-11)4-6-19-15(20)13-8-14-12(5-7-21-14)18(13)9-16-19/h5,7-11,17H,2-4,6H2,1H3/t10-/m0/s1. The number of aryl methyl sites for hydroxylation is 1. The van der Waals surface area contributed by atoms with Crippen molar-refractivity contribution in [1.82, 2.24) is 19.5 Å². The van der Waals surface area contributed by atoms with Gasteiger partial charge in [0.15, 0.2) is 5.58 Å². The van der Waals surface area contributed by atoms with Crippen molar-refractivity contribution in [3.63, 3.8) is 0 Å². The van der Waals surface area contributed by atoms with Gasteiger partial charge in [-0.15, -0.1) is 0 Å². The number of furan rings is 1. The molecule has 0 aromatic carbocycles. The Kier molecular flexibility index (Phi) is 2.85. The van der Waals surface area contributed by atoms with Crippen LogP contribution in [0.4, 0.5) is 0 Å². The zero-order valence-corrected chi connectivity index (χ0v) is 12.0. The lowest BCUT2D eigenvalue weighted by Crippen LogP contribution is -2.32. The van der Waals surface area contributed by atoms with Gasteiger partial charge < -0.3 is 9.73 Å². The Hall–Kier alpha value is -2.08. The lowest BCUT2D eigenvalue weighted by molar-refractivity contribution is 0.445. The molecule has 1 fully saturated rings. The van der Waals surface area contributed by atoms with Gasteiger partial charge in [-0.3, -0.25) is 9.20 Å². The molecular weight excluding hydrogens is 268 g/mol. The van der Waals surface area contributed by atoms with E-state index < -0.39 is 0 Å². The summed E-state index contributed by atoms with van der Waals surface area (Å²) in [6.45, 7) is 2.79. The number of nitrogens with one attached hydrogen (secondary N) is 1. The zero-order valence-electron chi connectivity index (χ0n) is 12.0. The van der Waals surface area contributed by atoms with Crippen LogP contribution in [-0.2, 0) is 6.54 Å². The third-order valence-electron chi connectivity index (χ3n) is 4.09. The van der Waals surface area contributed by atoms with E-state index in [1.807, 2.05) is 6.07 Å². The molecule has 1 N–H and O–H groups in total. The molecule has 3 aromatic rings. The fraction of sp³-hybridized carbons (Fsp3) is 0.467. The molecule has 0 radical (unpaired) electrons. The van der Waals surface area contributed by atoms with Crippen LogP contribution in [-0.4, -0.2) is 26.3 Å². The zero-order chi connectivity index (χ0) is 14.4. The van der Waals surface area contributed by atoms with Crippen LogP contribution in [0, 0.1) is 0 Å². The highest BCUT2D eigenvalue weighted by molar-refractivity contribution is 5.81. The first-order valence-corrected chi connectivity index (χ1v) is 7.43. The first-order valence-electron chi connectivity index (χ1n) is 7.43. The molecule has 0 amide bonds. The molecule has 1 aliphatic carbocycles. The summed E-state index contributed by atoms with van der Waals surface area (Å²) >= 11 is 0. The summed E-state index contributed by atoms with van der Waals surface area (Å²) in [6.07, 6.45) is 6.76. The van der Waals surface area contributed by atoms with Gasteiger partial charge in [0, 0.05) is 30.8 Å². The summed E-state index contributed by atoms with van der Waals surface area (Å²) in [5, 5.41) is 7.81. The predicted molar refractivity (Wildman–Crippen MR) is 79.5 cm³/mol. The average molecular weight is 286 g/mol. The maximum Gasteiger partial charge on any atom is 0.291 e. The van der Waals surface area contributed by atoms with E-state index in [1.165, 1.54) is 12.8 Å². The lowest BCUT2D eigenvalue weighted by atomic mass is 10.2. The maximum absolute atomic E-state index is 12.5. The van der Waals surface area contributed by atoms with E-state index in [0.29, 0.717) is 24.1 Å². The first-order chi connectivity index (χ1) is 10.2. The second-order valence-corrected chi connectivity index (χ2v) is 5.86. The van der Waals surface area contributed by atoms with Gasteiger partial charge >= 0.3 is 0 Å². The van der Waals surface area contributed by atoms with Gasteiger partial charge in [0.2, 0.25) is 0 Å². The monoisotopic (exact) mass is 286 g/mol. The molecule has 0 bridgehead atoms. The molecule has 1 saturated carbocycles. The molecule has 0 saturated heterocycles. The van der Waals surface area contributed by atoms with Gasteiger partial charge in [0.25, 0.3) is 5.56 Å². The number of aromatic nitrogens is 3. The summed E-state index contributed by atoms with van der Waals surface area (Å²) < 4.78 is 8.66. The van der Waals surface area contributed by atoms with Crippen LogP contribution in [0.15, 0.2) is 33.9 Å². The number of hydrogen-bond donors (Lipinski definition) is 1. The molecule has 0 spiro atoms.